The van der Waals surface area contributed by atoms with Gasteiger partial charge in [-0.25, -0.2) is 0 Å². The fraction of sp³-hybridized carbons (Fsp3) is 0.350. The van der Waals surface area contributed by atoms with Crippen molar-refractivity contribution in [3.63, 3.8) is 0 Å². The number of carbonyl (C=O) groups excluding carboxylic acids is 1. The van der Waals surface area contributed by atoms with Gasteiger partial charge >= 0.3 is 0 Å². The molecule has 2 aromatic carbocycles. The molecule has 0 aromatic heterocycles. The molecule has 2 rings (SSSR count). The van der Waals surface area contributed by atoms with Gasteiger partial charge in [0, 0.05) is 19.8 Å². The summed E-state index contributed by atoms with van der Waals surface area (Å²) in [4.78, 5) is 12.3. The zero-order valence-corrected chi connectivity index (χ0v) is 15.0. The van der Waals surface area contributed by atoms with Crippen LogP contribution in [0.1, 0.15) is 16.7 Å². The van der Waals surface area contributed by atoms with Gasteiger partial charge in [0.1, 0.15) is 5.75 Å². The Morgan fingerprint density at radius 3 is 2.36 bits per heavy atom. The van der Waals surface area contributed by atoms with Crippen molar-refractivity contribution in [2.45, 2.75) is 19.1 Å². The van der Waals surface area contributed by atoms with E-state index in [2.05, 4.69) is 17.4 Å². The van der Waals surface area contributed by atoms with Crippen LogP contribution in [0.5, 0.6) is 5.75 Å². The smallest absolute Gasteiger partial charge is 0.224 e. The van der Waals surface area contributed by atoms with Gasteiger partial charge in [0.25, 0.3) is 0 Å². The molecule has 0 aliphatic rings. The number of hydrogen-bond acceptors (Lipinski definition) is 4. The van der Waals surface area contributed by atoms with Gasteiger partial charge in [-0.15, -0.1) is 0 Å². The number of carbonyl (C=O) groups is 1. The molecule has 0 fully saturated rings. The topological polar surface area (TPSA) is 56.8 Å². The summed E-state index contributed by atoms with van der Waals surface area (Å²) in [5.41, 5.74) is 3.17. The Balaban J connectivity index is 2.13. The fourth-order valence-corrected chi connectivity index (χ4v) is 2.67. The quantitative estimate of drug-likeness (QED) is 0.711. The van der Waals surface area contributed by atoms with Crippen molar-refractivity contribution in [1.82, 2.24) is 5.32 Å². The lowest BCUT2D eigenvalue weighted by molar-refractivity contribution is -0.126. The second-order valence-electron chi connectivity index (χ2n) is 5.64. The van der Waals surface area contributed by atoms with Crippen molar-refractivity contribution in [2.24, 2.45) is 0 Å². The molecule has 0 aliphatic carbocycles. The second-order valence-corrected chi connectivity index (χ2v) is 5.64. The first-order valence-corrected chi connectivity index (χ1v) is 8.19. The number of benzene rings is 2. The van der Waals surface area contributed by atoms with Crippen LogP contribution in [0.2, 0.25) is 0 Å². The van der Waals surface area contributed by atoms with E-state index in [1.54, 1.807) is 21.3 Å². The third-order valence-corrected chi connectivity index (χ3v) is 4.02. The molecule has 5 heteroatoms. The van der Waals surface area contributed by atoms with Crippen LogP contribution in [-0.4, -0.2) is 40.1 Å². The summed E-state index contributed by atoms with van der Waals surface area (Å²) in [7, 11) is 4.70. The molecule has 0 unspecified atom stereocenters. The zero-order valence-electron chi connectivity index (χ0n) is 15.0. The molecule has 0 aliphatic heterocycles. The van der Waals surface area contributed by atoms with E-state index in [9.17, 15) is 4.79 Å². The van der Waals surface area contributed by atoms with Crippen LogP contribution in [0, 0.1) is 0 Å². The Morgan fingerprint density at radius 1 is 1.00 bits per heavy atom. The summed E-state index contributed by atoms with van der Waals surface area (Å²) in [6.45, 7) is 0.301. The number of rotatable bonds is 9. The van der Waals surface area contributed by atoms with E-state index in [0.29, 0.717) is 6.54 Å². The van der Waals surface area contributed by atoms with Crippen LogP contribution in [0.3, 0.4) is 0 Å². The Morgan fingerprint density at radius 2 is 1.72 bits per heavy atom. The van der Waals surface area contributed by atoms with Crippen LogP contribution in [0.15, 0.2) is 48.5 Å². The molecule has 1 amide bonds. The fourth-order valence-electron chi connectivity index (χ4n) is 2.67. The maximum absolute atomic E-state index is 12.3. The number of amides is 1. The third-order valence-electron chi connectivity index (χ3n) is 4.02. The first-order valence-electron chi connectivity index (χ1n) is 8.19. The van der Waals surface area contributed by atoms with Crippen LogP contribution < -0.4 is 10.1 Å². The van der Waals surface area contributed by atoms with E-state index in [-0.39, 0.29) is 12.3 Å². The van der Waals surface area contributed by atoms with E-state index in [0.717, 1.165) is 23.3 Å². The van der Waals surface area contributed by atoms with E-state index in [4.69, 9.17) is 14.2 Å². The largest absolute Gasteiger partial charge is 0.496 e. The van der Waals surface area contributed by atoms with Gasteiger partial charge in [0.2, 0.25) is 5.91 Å². The van der Waals surface area contributed by atoms with Gasteiger partial charge in [-0.05, 0) is 23.6 Å². The van der Waals surface area contributed by atoms with Crippen molar-refractivity contribution in [1.29, 1.82) is 0 Å². The standard InChI is InChI=1S/C20H25NO4/c1-23-18-11-7-10-16(12-15-8-5-4-6-9-15)17(18)13-19(22)21-14-20(24-2)25-3/h4-11,20H,12-14H2,1-3H3,(H,21,22). The highest BCUT2D eigenvalue weighted by molar-refractivity contribution is 5.79. The molecule has 0 atom stereocenters. The lowest BCUT2D eigenvalue weighted by Crippen LogP contribution is -2.35. The second kappa shape index (κ2) is 9.81. The monoisotopic (exact) mass is 343 g/mol. The van der Waals surface area contributed by atoms with Gasteiger partial charge in [0.05, 0.1) is 20.1 Å². The molecule has 134 valence electrons. The first kappa shape index (κ1) is 19.0. The molecule has 0 saturated heterocycles. The molecular formula is C20H25NO4. The van der Waals surface area contributed by atoms with E-state index in [1.807, 2.05) is 36.4 Å². The predicted octanol–water partition coefficient (Wildman–Crippen LogP) is 2.56. The van der Waals surface area contributed by atoms with Crippen molar-refractivity contribution >= 4 is 5.91 Å². The van der Waals surface area contributed by atoms with Crippen molar-refractivity contribution in [2.75, 3.05) is 27.9 Å². The number of hydrogen-bond donors (Lipinski definition) is 1. The van der Waals surface area contributed by atoms with Gasteiger partial charge in [-0.3, -0.25) is 4.79 Å². The SMILES string of the molecule is COc1cccc(Cc2ccccc2)c1CC(=O)NCC(OC)OC. The van der Waals surface area contributed by atoms with E-state index >= 15 is 0 Å². The van der Waals surface area contributed by atoms with E-state index < -0.39 is 6.29 Å². The van der Waals surface area contributed by atoms with Gasteiger partial charge in [-0.2, -0.15) is 0 Å². The normalized spacial score (nSPS) is 10.7. The van der Waals surface area contributed by atoms with Crippen LogP contribution in [-0.2, 0) is 27.1 Å². The van der Waals surface area contributed by atoms with Gasteiger partial charge in [-0.1, -0.05) is 42.5 Å². The molecule has 25 heavy (non-hydrogen) atoms. The molecule has 0 spiro atoms. The minimum Gasteiger partial charge on any atom is -0.496 e. The Kier molecular flexibility index (Phi) is 7.44. The summed E-state index contributed by atoms with van der Waals surface area (Å²) in [6, 6.07) is 16.0. The molecule has 1 N–H and O–H groups in total. The third kappa shape index (κ3) is 5.59. The van der Waals surface area contributed by atoms with Crippen molar-refractivity contribution in [3.8, 4) is 5.75 Å². The molecule has 2 aromatic rings. The number of ether oxygens (including phenoxy) is 3. The molecule has 5 nitrogen and oxygen atoms in total. The average molecular weight is 343 g/mol. The molecule has 0 bridgehead atoms. The van der Waals surface area contributed by atoms with Crippen LogP contribution in [0.25, 0.3) is 0 Å². The number of nitrogens with one attached hydrogen (secondary N) is 1. The summed E-state index contributed by atoms with van der Waals surface area (Å²) >= 11 is 0. The predicted molar refractivity (Wildman–Crippen MR) is 96.8 cm³/mol. The van der Waals surface area contributed by atoms with Crippen LogP contribution in [0.4, 0.5) is 0 Å². The van der Waals surface area contributed by atoms with Crippen molar-refractivity contribution < 1.29 is 19.0 Å². The Bertz CT molecular complexity index is 669. The summed E-state index contributed by atoms with van der Waals surface area (Å²) < 4.78 is 15.6. The van der Waals surface area contributed by atoms with Crippen molar-refractivity contribution in [3.05, 3.63) is 65.2 Å². The first-order chi connectivity index (χ1) is 12.2. The van der Waals surface area contributed by atoms with E-state index in [1.165, 1.54) is 5.56 Å². The average Bonchev–Trinajstić information content (AvgIpc) is 2.64. The lowest BCUT2D eigenvalue weighted by Gasteiger charge is -2.16. The lowest BCUT2D eigenvalue weighted by atomic mass is 9.96. The Labute approximate surface area is 148 Å². The van der Waals surface area contributed by atoms with Crippen LogP contribution >= 0.6 is 0 Å². The maximum Gasteiger partial charge on any atom is 0.224 e. The van der Waals surface area contributed by atoms with Gasteiger partial charge in [0.15, 0.2) is 6.29 Å². The highest BCUT2D eigenvalue weighted by Crippen LogP contribution is 2.25. The zero-order chi connectivity index (χ0) is 18.1. The minimum atomic E-state index is -0.453. The highest BCUT2D eigenvalue weighted by atomic mass is 16.7. The summed E-state index contributed by atoms with van der Waals surface area (Å²) in [5.74, 6) is 0.622. The van der Waals surface area contributed by atoms with Gasteiger partial charge < -0.3 is 19.5 Å². The molecular weight excluding hydrogens is 318 g/mol. The minimum absolute atomic E-state index is 0.0992. The Hall–Kier alpha value is -2.37. The molecule has 0 heterocycles. The molecule has 0 radical (unpaired) electrons. The molecule has 0 saturated carbocycles. The summed E-state index contributed by atoms with van der Waals surface area (Å²) in [5, 5.41) is 2.83. The summed E-state index contributed by atoms with van der Waals surface area (Å²) in [6.07, 6.45) is 0.538. The maximum atomic E-state index is 12.3. The highest BCUT2D eigenvalue weighted by Gasteiger charge is 2.15. The number of methoxy groups -OCH3 is 3.